The van der Waals surface area contributed by atoms with Crippen LogP contribution in [0, 0.1) is 23.3 Å². The topological polar surface area (TPSA) is 173 Å². The van der Waals surface area contributed by atoms with E-state index in [1.807, 2.05) is 5.32 Å². The summed E-state index contributed by atoms with van der Waals surface area (Å²) in [6, 6.07) is 1.37. The third kappa shape index (κ3) is 4.93. The van der Waals surface area contributed by atoms with Crippen LogP contribution in [0.15, 0.2) is 12.1 Å². The normalized spacial score (nSPS) is 10.7. The number of halogens is 5. The highest BCUT2D eigenvalue weighted by atomic mass is 35.5. The van der Waals surface area contributed by atoms with Crippen molar-refractivity contribution in [3.05, 3.63) is 51.6 Å². The molecule has 0 fully saturated rings. The maximum absolute atomic E-state index is 14.3. The Hall–Kier alpha value is -4.40. The van der Waals surface area contributed by atoms with Gasteiger partial charge in [-0.3, -0.25) is 4.79 Å². The van der Waals surface area contributed by atoms with Crippen molar-refractivity contribution in [2.75, 3.05) is 17.2 Å². The molecule has 0 aliphatic carbocycles. The van der Waals surface area contributed by atoms with Gasteiger partial charge in [-0.25, -0.2) is 22.4 Å². The average Bonchev–Trinajstić information content (AvgIpc) is 2.77. The molecule has 11 nitrogen and oxygen atoms in total. The standard InChI is InChI=1S/C19H13ClF4N6O5/c1-2-35-14-5(16(32)33)3-4-6(8(14)20)26-17-28-18(30-19(34)29-17)27-13-11(23)9(21)7(15(25)31)10(22)12(13)24/h3-4H,2H2,1H3,(H2,25,31)(H,32,33)(H3,26,27,28,29,30,34). The molecule has 0 saturated carbocycles. The highest BCUT2D eigenvalue weighted by Gasteiger charge is 2.29. The minimum atomic E-state index is -2.07. The van der Waals surface area contributed by atoms with Gasteiger partial charge < -0.3 is 31.3 Å². The lowest BCUT2D eigenvalue weighted by Gasteiger charge is -2.14. The predicted molar refractivity (Wildman–Crippen MR) is 112 cm³/mol. The van der Waals surface area contributed by atoms with E-state index in [0.717, 1.165) is 6.07 Å². The van der Waals surface area contributed by atoms with E-state index in [4.69, 9.17) is 22.1 Å². The Bertz CT molecular complexity index is 1330. The van der Waals surface area contributed by atoms with Crippen LogP contribution >= 0.6 is 11.6 Å². The second-order valence-corrected chi connectivity index (χ2v) is 6.82. The lowest BCUT2D eigenvalue weighted by Crippen LogP contribution is -2.19. The lowest BCUT2D eigenvalue weighted by molar-refractivity contribution is 0.0692. The summed E-state index contributed by atoms with van der Waals surface area (Å²) in [4.78, 5) is 33.1. The van der Waals surface area contributed by atoms with Gasteiger partial charge in [0, 0.05) is 0 Å². The van der Waals surface area contributed by atoms with Gasteiger partial charge >= 0.3 is 12.0 Å². The number of aromatic hydroxyl groups is 1. The molecule has 6 N–H and O–H groups in total. The van der Waals surface area contributed by atoms with Crippen molar-refractivity contribution in [1.82, 2.24) is 15.0 Å². The number of rotatable bonds is 8. The van der Waals surface area contributed by atoms with Gasteiger partial charge in [0.15, 0.2) is 29.0 Å². The number of amides is 1. The summed E-state index contributed by atoms with van der Waals surface area (Å²) in [5.41, 5.74) is 1.43. The number of aromatic carboxylic acids is 1. The number of nitrogens with zero attached hydrogens (tertiary/aromatic N) is 3. The minimum absolute atomic E-state index is 0.00284. The van der Waals surface area contributed by atoms with Crippen molar-refractivity contribution in [2.24, 2.45) is 5.73 Å². The zero-order valence-electron chi connectivity index (χ0n) is 17.3. The van der Waals surface area contributed by atoms with Crippen LogP contribution in [0.5, 0.6) is 11.8 Å². The molecule has 3 rings (SSSR count). The Morgan fingerprint density at radius 1 is 1.03 bits per heavy atom. The number of nitrogens with one attached hydrogen (secondary N) is 2. The van der Waals surface area contributed by atoms with Gasteiger partial charge in [0.25, 0.3) is 5.91 Å². The van der Waals surface area contributed by atoms with E-state index in [1.54, 1.807) is 6.92 Å². The van der Waals surface area contributed by atoms with Crippen LogP contribution in [0.2, 0.25) is 5.02 Å². The van der Waals surface area contributed by atoms with Crippen LogP contribution in [-0.2, 0) is 0 Å². The Morgan fingerprint density at radius 3 is 2.11 bits per heavy atom. The molecule has 0 unspecified atom stereocenters. The average molecular weight is 517 g/mol. The highest BCUT2D eigenvalue weighted by molar-refractivity contribution is 6.35. The minimum Gasteiger partial charge on any atom is -0.491 e. The lowest BCUT2D eigenvalue weighted by atomic mass is 10.1. The predicted octanol–water partition coefficient (Wildman–Crippen LogP) is 3.47. The van der Waals surface area contributed by atoms with Crippen LogP contribution < -0.4 is 21.1 Å². The summed E-state index contributed by atoms with van der Waals surface area (Å²) in [7, 11) is 0. The summed E-state index contributed by atoms with van der Waals surface area (Å²) >= 11 is 6.19. The van der Waals surface area contributed by atoms with Gasteiger partial charge in [-0.1, -0.05) is 11.6 Å². The van der Waals surface area contributed by atoms with E-state index in [-0.39, 0.29) is 28.6 Å². The molecule has 16 heteroatoms. The van der Waals surface area contributed by atoms with Crippen LogP contribution in [0.25, 0.3) is 0 Å². The van der Waals surface area contributed by atoms with E-state index in [1.165, 1.54) is 6.07 Å². The maximum atomic E-state index is 14.3. The number of ether oxygens (including phenoxy) is 1. The first kappa shape index (κ1) is 25.2. The number of benzene rings is 2. The molecule has 3 aromatic rings. The van der Waals surface area contributed by atoms with Gasteiger partial charge in [-0.15, -0.1) is 0 Å². The first-order chi connectivity index (χ1) is 16.5. The molecule has 0 atom stereocenters. The highest BCUT2D eigenvalue weighted by Crippen LogP contribution is 2.37. The van der Waals surface area contributed by atoms with Gasteiger partial charge in [0.05, 0.1) is 12.3 Å². The largest absolute Gasteiger partial charge is 0.491 e. The van der Waals surface area contributed by atoms with E-state index in [9.17, 15) is 37.4 Å². The van der Waals surface area contributed by atoms with E-state index in [2.05, 4.69) is 20.3 Å². The van der Waals surface area contributed by atoms with E-state index in [0.29, 0.717) is 0 Å². The Balaban J connectivity index is 2.01. The molecule has 184 valence electrons. The Morgan fingerprint density at radius 2 is 1.60 bits per heavy atom. The first-order valence-corrected chi connectivity index (χ1v) is 9.67. The summed E-state index contributed by atoms with van der Waals surface area (Å²) in [6.07, 6.45) is 0. The summed E-state index contributed by atoms with van der Waals surface area (Å²) in [6.45, 7) is 1.66. The molecule has 0 spiro atoms. The number of carboxylic acid groups (broad SMARTS) is 1. The number of aromatic nitrogens is 3. The number of hydrogen-bond acceptors (Lipinski definition) is 9. The molecule has 0 aliphatic heterocycles. The van der Waals surface area contributed by atoms with Crippen molar-refractivity contribution in [1.29, 1.82) is 0 Å². The number of anilines is 4. The van der Waals surface area contributed by atoms with Crippen molar-refractivity contribution >= 4 is 46.7 Å². The number of hydrogen-bond donors (Lipinski definition) is 5. The molecule has 35 heavy (non-hydrogen) atoms. The number of carbonyl (C=O) groups is 2. The summed E-state index contributed by atoms with van der Waals surface area (Å²) in [5.74, 6) is -12.7. The molecular formula is C19H13ClF4N6O5. The second kappa shape index (κ2) is 9.84. The second-order valence-electron chi connectivity index (χ2n) is 6.44. The molecule has 2 aromatic carbocycles. The van der Waals surface area contributed by atoms with Crippen molar-refractivity contribution in [2.45, 2.75) is 6.92 Å². The zero-order valence-corrected chi connectivity index (χ0v) is 18.0. The third-order valence-corrected chi connectivity index (χ3v) is 4.61. The quantitative estimate of drug-likeness (QED) is 0.220. The number of carbonyl (C=O) groups excluding carboxylic acids is 1. The SMILES string of the molecule is CCOc1c(C(=O)O)ccc(Nc2nc(O)nc(Nc3c(F)c(F)c(C(N)=O)c(F)c3F)n2)c1Cl. The van der Waals surface area contributed by atoms with Crippen LogP contribution in [0.4, 0.5) is 40.8 Å². The molecule has 0 saturated heterocycles. The van der Waals surface area contributed by atoms with Crippen molar-refractivity contribution in [3.63, 3.8) is 0 Å². The molecule has 1 amide bonds. The van der Waals surface area contributed by atoms with Gasteiger partial charge in [0.2, 0.25) is 11.9 Å². The van der Waals surface area contributed by atoms with Crippen molar-refractivity contribution < 1.29 is 42.1 Å². The Labute approximate surface area is 197 Å². The Kier molecular flexibility index (Phi) is 7.09. The summed E-state index contributed by atoms with van der Waals surface area (Å²) in [5, 5.41) is 23.2. The molecule has 0 radical (unpaired) electrons. The van der Waals surface area contributed by atoms with Gasteiger partial charge in [-0.2, -0.15) is 15.0 Å². The van der Waals surface area contributed by atoms with Crippen LogP contribution in [0.3, 0.4) is 0 Å². The van der Waals surface area contributed by atoms with Crippen LogP contribution in [0.1, 0.15) is 27.6 Å². The maximum Gasteiger partial charge on any atom is 0.339 e. The van der Waals surface area contributed by atoms with Gasteiger partial charge in [-0.05, 0) is 19.1 Å². The summed E-state index contributed by atoms with van der Waals surface area (Å²) < 4.78 is 61.9. The fourth-order valence-electron chi connectivity index (χ4n) is 2.77. The molecule has 1 heterocycles. The molecule has 1 aromatic heterocycles. The first-order valence-electron chi connectivity index (χ1n) is 9.29. The fourth-order valence-corrected chi connectivity index (χ4v) is 3.04. The van der Waals surface area contributed by atoms with Crippen molar-refractivity contribution in [3.8, 4) is 11.8 Å². The number of primary amides is 1. The van der Waals surface area contributed by atoms with Gasteiger partial charge in [0.1, 0.15) is 21.8 Å². The molecule has 0 bridgehead atoms. The third-order valence-electron chi connectivity index (χ3n) is 4.23. The number of nitrogens with two attached hydrogens (primary N) is 1. The smallest absolute Gasteiger partial charge is 0.339 e. The molecule has 0 aliphatic rings. The van der Waals surface area contributed by atoms with Crippen LogP contribution in [-0.4, -0.2) is 43.6 Å². The molecular weight excluding hydrogens is 504 g/mol. The zero-order chi connectivity index (χ0) is 26.0. The van der Waals surface area contributed by atoms with E-state index >= 15 is 0 Å². The monoisotopic (exact) mass is 516 g/mol. The fraction of sp³-hybridized carbons (Fsp3) is 0.105. The van der Waals surface area contributed by atoms with E-state index < -0.39 is 64.3 Å². The number of carboxylic acids is 1.